The van der Waals surface area contributed by atoms with Crippen LogP contribution in [0.3, 0.4) is 0 Å². The minimum atomic E-state index is -0.295. The van der Waals surface area contributed by atoms with E-state index in [-0.39, 0.29) is 18.5 Å². The van der Waals surface area contributed by atoms with Crippen LogP contribution in [0, 0.1) is 5.82 Å². The Kier molecular flexibility index (Phi) is 8.89. The van der Waals surface area contributed by atoms with E-state index < -0.39 is 0 Å². The smallest absolute Gasteiger partial charge is 0.138 e. The highest BCUT2D eigenvalue weighted by Gasteiger charge is 2.18. The van der Waals surface area contributed by atoms with Crippen LogP contribution in [0.4, 0.5) is 10.2 Å². The van der Waals surface area contributed by atoms with Gasteiger partial charge in [0.05, 0.1) is 16.6 Å². The summed E-state index contributed by atoms with van der Waals surface area (Å²) < 4.78 is 25.5. The lowest BCUT2D eigenvalue weighted by Gasteiger charge is -2.21. The summed E-state index contributed by atoms with van der Waals surface area (Å²) >= 11 is 8.28. The number of anilines is 1. The van der Waals surface area contributed by atoms with E-state index in [0.717, 1.165) is 50.7 Å². The number of rotatable bonds is 11. The van der Waals surface area contributed by atoms with Crippen molar-refractivity contribution in [3.05, 3.63) is 107 Å². The van der Waals surface area contributed by atoms with Gasteiger partial charge < -0.3 is 14.5 Å². The van der Waals surface area contributed by atoms with E-state index in [2.05, 4.69) is 52.7 Å². The van der Waals surface area contributed by atoms with E-state index in [1.807, 2.05) is 42.5 Å². The molecular formula is C31H30ClFN4O2S. The molecule has 1 unspecified atom stereocenters. The molecule has 3 aromatic carbocycles. The first-order chi connectivity index (χ1) is 19.4. The fraction of sp³-hybridized carbons (Fsp3) is 0.226. The number of thioether (sulfide) groups is 1. The molecule has 1 atom stereocenters. The molecule has 9 heteroatoms. The van der Waals surface area contributed by atoms with Crippen molar-refractivity contribution in [2.75, 3.05) is 31.4 Å². The molecule has 0 radical (unpaired) electrons. The molecule has 0 bridgehead atoms. The SMILES string of the molecule is CSCC(c1ccc(-c2ccc3ncnc(NCc4ccc(OCc5cccc(F)c5)c(Cl)c4)c3c2)o1)N(C)C. The maximum absolute atomic E-state index is 13.4. The largest absolute Gasteiger partial charge is 0.487 e. The molecule has 0 aliphatic heterocycles. The summed E-state index contributed by atoms with van der Waals surface area (Å²) in [7, 11) is 4.13. The van der Waals surface area contributed by atoms with E-state index >= 15 is 0 Å². The van der Waals surface area contributed by atoms with Crippen molar-refractivity contribution in [2.24, 2.45) is 0 Å². The molecule has 2 aromatic heterocycles. The molecule has 0 saturated carbocycles. The van der Waals surface area contributed by atoms with E-state index in [1.54, 1.807) is 24.2 Å². The van der Waals surface area contributed by atoms with Gasteiger partial charge in [0.25, 0.3) is 0 Å². The molecule has 0 aliphatic carbocycles. The molecule has 5 aromatic rings. The van der Waals surface area contributed by atoms with Crippen molar-refractivity contribution in [3.8, 4) is 17.1 Å². The number of nitrogens with one attached hydrogen (secondary N) is 1. The zero-order valence-corrected chi connectivity index (χ0v) is 24.1. The molecule has 0 aliphatic rings. The Hall–Kier alpha value is -3.59. The van der Waals surface area contributed by atoms with E-state index in [1.165, 1.54) is 12.1 Å². The van der Waals surface area contributed by atoms with Crippen LogP contribution in [0.25, 0.3) is 22.2 Å². The van der Waals surface area contributed by atoms with Crippen molar-refractivity contribution in [1.82, 2.24) is 14.9 Å². The average molecular weight is 577 g/mol. The fourth-order valence-corrected chi connectivity index (χ4v) is 5.46. The number of hydrogen-bond donors (Lipinski definition) is 1. The second-order valence-corrected chi connectivity index (χ2v) is 10.9. The Morgan fingerprint density at radius 2 is 1.90 bits per heavy atom. The summed E-state index contributed by atoms with van der Waals surface area (Å²) in [5.74, 6) is 3.66. The average Bonchev–Trinajstić information content (AvgIpc) is 3.44. The minimum absolute atomic E-state index is 0.203. The van der Waals surface area contributed by atoms with Crippen molar-refractivity contribution in [2.45, 2.75) is 19.2 Å². The first-order valence-corrected chi connectivity index (χ1v) is 14.6. The maximum Gasteiger partial charge on any atom is 0.138 e. The summed E-state index contributed by atoms with van der Waals surface area (Å²) in [6.45, 7) is 0.735. The number of aromatic nitrogens is 2. The number of halogens is 2. The van der Waals surface area contributed by atoms with Crippen molar-refractivity contribution < 1.29 is 13.5 Å². The lowest BCUT2D eigenvalue weighted by molar-refractivity contribution is 0.284. The summed E-state index contributed by atoms with van der Waals surface area (Å²) in [4.78, 5) is 11.1. The van der Waals surface area contributed by atoms with E-state index in [0.29, 0.717) is 17.3 Å². The molecule has 40 heavy (non-hydrogen) atoms. The Balaban J connectivity index is 1.30. The molecule has 206 valence electrons. The topological polar surface area (TPSA) is 63.4 Å². The summed E-state index contributed by atoms with van der Waals surface area (Å²) in [5.41, 5.74) is 3.49. The Labute approximate surface area is 242 Å². The Bertz CT molecular complexity index is 1610. The van der Waals surface area contributed by atoms with Gasteiger partial charge in [0.15, 0.2) is 0 Å². The number of nitrogens with zero attached hydrogens (tertiary/aromatic N) is 3. The van der Waals surface area contributed by atoms with Crippen LogP contribution in [-0.2, 0) is 13.2 Å². The predicted molar refractivity (Wildman–Crippen MR) is 162 cm³/mol. The number of fused-ring (bicyclic) bond motifs is 1. The maximum atomic E-state index is 13.4. The molecule has 6 nitrogen and oxygen atoms in total. The first kappa shape index (κ1) is 28.0. The monoisotopic (exact) mass is 576 g/mol. The lowest BCUT2D eigenvalue weighted by atomic mass is 10.1. The fourth-order valence-electron chi connectivity index (χ4n) is 4.43. The van der Waals surface area contributed by atoms with Crippen LogP contribution >= 0.6 is 23.4 Å². The van der Waals surface area contributed by atoms with Crippen LogP contribution in [0.1, 0.15) is 22.9 Å². The van der Waals surface area contributed by atoms with Crippen LogP contribution in [0.15, 0.2) is 83.5 Å². The molecule has 0 spiro atoms. The quantitative estimate of drug-likeness (QED) is 0.172. The standard InChI is InChI=1S/C31H30ClFN4O2S/c1-37(2)27(18-40-3)30-12-11-28(39-30)22-8-9-26-24(15-22)31(36-19-35-26)34-16-20-7-10-29(25(32)14-20)38-17-21-5-4-6-23(33)13-21/h4-15,19,27H,16-18H2,1-3H3,(H,34,35,36). The molecule has 0 fully saturated rings. The summed E-state index contributed by atoms with van der Waals surface area (Å²) in [6, 6.07) is 22.2. The van der Waals surface area contributed by atoms with Crippen molar-refractivity contribution in [1.29, 1.82) is 0 Å². The zero-order chi connectivity index (χ0) is 28.1. The summed E-state index contributed by atoms with van der Waals surface area (Å²) in [5, 5.41) is 4.79. The van der Waals surface area contributed by atoms with Gasteiger partial charge in [-0.3, -0.25) is 4.90 Å². The predicted octanol–water partition coefficient (Wildman–Crippen LogP) is 7.84. The highest BCUT2D eigenvalue weighted by molar-refractivity contribution is 7.98. The molecule has 0 amide bonds. The number of ether oxygens (including phenoxy) is 1. The second kappa shape index (κ2) is 12.7. The number of furan rings is 1. The van der Waals surface area contributed by atoms with Gasteiger partial charge in [-0.25, -0.2) is 14.4 Å². The lowest BCUT2D eigenvalue weighted by Crippen LogP contribution is -2.21. The van der Waals surface area contributed by atoms with Crippen molar-refractivity contribution >= 4 is 40.1 Å². The zero-order valence-electron chi connectivity index (χ0n) is 22.5. The molecular weight excluding hydrogens is 547 g/mol. The number of benzene rings is 3. The van der Waals surface area contributed by atoms with Crippen molar-refractivity contribution in [3.63, 3.8) is 0 Å². The Morgan fingerprint density at radius 3 is 2.67 bits per heavy atom. The normalized spacial score (nSPS) is 12.2. The van der Waals surface area contributed by atoms with Gasteiger partial charge in [-0.1, -0.05) is 29.8 Å². The van der Waals surface area contributed by atoms with E-state index in [4.69, 9.17) is 20.8 Å². The first-order valence-electron chi connectivity index (χ1n) is 12.8. The third-order valence-electron chi connectivity index (χ3n) is 6.56. The third kappa shape index (κ3) is 6.58. The van der Waals surface area contributed by atoms with Gasteiger partial charge in [0, 0.05) is 23.2 Å². The van der Waals surface area contributed by atoms with Gasteiger partial charge in [0.1, 0.15) is 41.8 Å². The molecule has 1 N–H and O–H groups in total. The third-order valence-corrected chi connectivity index (χ3v) is 7.51. The highest BCUT2D eigenvalue weighted by Crippen LogP contribution is 2.32. The van der Waals surface area contributed by atoms with Crippen LogP contribution in [-0.4, -0.2) is 41.0 Å². The van der Waals surface area contributed by atoms with E-state index in [9.17, 15) is 4.39 Å². The second-order valence-electron chi connectivity index (χ2n) is 9.63. The number of hydrogen-bond acceptors (Lipinski definition) is 7. The van der Waals surface area contributed by atoms with Gasteiger partial charge in [0.2, 0.25) is 0 Å². The van der Waals surface area contributed by atoms with Gasteiger partial charge in [-0.15, -0.1) is 0 Å². The van der Waals surface area contributed by atoms with Crippen LogP contribution in [0.2, 0.25) is 5.02 Å². The van der Waals surface area contributed by atoms with Crippen LogP contribution < -0.4 is 10.1 Å². The molecule has 5 rings (SSSR count). The Morgan fingerprint density at radius 1 is 1.02 bits per heavy atom. The molecule has 0 saturated heterocycles. The van der Waals surface area contributed by atoms with Gasteiger partial charge in [-0.2, -0.15) is 11.8 Å². The summed E-state index contributed by atoms with van der Waals surface area (Å²) in [6.07, 6.45) is 3.65. The minimum Gasteiger partial charge on any atom is -0.487 e. The van der Waals surface area contributed by atoms with Crippen LogP contribution in [0.5, 0.6) is 5.75 Å². The highest BCUT2D eigenvalue weighted by atomic mass is 35.5. The molecule has 2 heterocycles. The van der Waals surface area contributed by atoms with Gasteiger partial charge >= 0.3 is 0 Å². The van der Waals surface area contributed by atoms with Gasteiger partial charge in [-0.05, 0) is 86.1 Å².